The highest BCUT2D eigenvalue weighted by atomic mass is 19.1. The maximum absolute atomic E-state index is 12.8. The third-order valence-corrected chi connectivity index (χ3v) is 3.82. The lowest BCUT2D eigenvalue weighted by Crippen LogP contribution is -2.41. The van der Waals surface area contributed by atoms with Crippen LogP contribution < -0.4 is 5.46 Å². The number of nitriles is 1. The second kappa shape index (κ2) is 4.62. The van der Waals surface area contributed by atoms with E-state index in [0.717, 1.165) is 0 Å². The molecule has 1 heterocycles. The maximum Gasteiger partial charge on any atom is 0.494 e. The summed E-state index contributed by atoms with van der Waals surface area (Å²) < 4.78 is 24.6. The first-order valence-electron chi connectivity index (χ1n) is 6.24. The first kappa shape index (κ1) is 14.0. The summed E-state index contributed by atoms with van der Waals surface area (Å²) in [5, 5.41) is 8.98. The lowest BCUT2D eigenvalue weighted by Gasteiger charge is -2.32. The molecule has 0 saturated carbocycles. The highest BCUT2D eigenvalue weighted by Crippen LogP contribution is 2.36. The van der Waals surface area contributed by atoms with E-state index in [1.807, 2.05) is 33.8 Å². The Labute approximate surface area is 113 Å². The fourth-order valence-electron chi connectivity index (χ4n) is 1.98. The van der Waals surface area contributed by atoms with Gasteiger partial charge < -0.3 is 9.31 Å². The van der Waals surface area contributed by atoms with Gasteiger partial charge in [0.1, 0.15) is 6.67 Å². The quantitative estimate of drug-likeness (QED) is 0.767. The van der Waals surface area contributed by atoms with Gasteiger partial charge >= 0.3 is 7.12 Å². The monoisotopic (exact) mass is 261 g/mol. The van der Waals surface area contributed by atoms with Crippen molar-refractivity contribution < 1.29 is 13.7 Å². The molecule has 0 unspecified atom stereocenters. The summed E-state index contributed by atoms with van der Waals surface area (Å²) in [5.74, 6) is 0. The molecular weight excluding hydrogens is 244 g/mol. The fourth-order valence-corrected chi connectivity index (χ4v) is 1.98. The zero-order valence-electron chi connectivity index (χ0n) is 11.7. The van der Waals surface area contributed by atoms with Crippen LogP contribution in [-0.2, 0) is 16.0 Å². The standard InChI is InChI=1S/C14H17BFNO2/c1-13(2)14(3,4)19-15(18-13)12-6-10(8-16)5-11(7-12)9-17/h5-7H,8H2,1-4H3. The highest BCUT2D eigenvalue weighted by Gasteiger charge is 2.51. The lowest BCUT2D eigenvalue weighted by atomic mass is 9.77. The lowest BCUT2D eigenvalue weighted by molar-refractivity contribution is 0.00578. The van der Waals surface area contributed by atoms with Gasteiger partial charge in [0.25, 0.3) is 0 Å². The first-order valence-corrected chi connectivity index (χ1v) is 6.24. The molecule has 1 aromatic carbocycles. The van der Waals surface area contributed by atoms with E-state index in [2.05, 4.69) is 0 Å². The smallest absolute Gasteiger partial charge is 0.399 e. The third-order valence-electron chi connectivity index (χ3n) is 3.82. The van der Waals surface area contributed by atoms with Crippen LogP contribution in [0.25, 0.3) is 0 Å². The maximum atomic E-state index is 12.8. The number of halogens is 1. The molecule has 5 heteroatoms. The first-order chi connectivity index (χ1) is 8.79. The third kappa shape index (κ3) is 2.51. The molecule has 19 heavy (non-hydrogen) atoms. The average molecular weight is 261 g/mol. The van der Waals surface area contributed by atoms with Gasteiger partial charge in [-0.2, -0.15) is 5.26 Å². The van der Waals surface area contributed by atoms with Crippen molar-refractivity contribution in [3.05, 3.63) is 29.3 Å². The van der Waals surface area contributed by atoms with Gasteiger partial charge in [-0.05, 0) is 50.9 Å². The summed E-state index contributed by atoms with van der Waals surface area (Å²) in [6, 6.07) is 6.93. The van der Waals surface area contributed by atoms with Crippen LogP contribution in [-0.4, -0.2) is 18.3 Å². The minimum atomic E-state index is -0.609. The van der Waals surface area contributed by atoms with Crippen LogP contribution in [0.2, 0.25) is 0 Å². The van der Waals surface area contributed by atoms with E-state index in [1.54, 1.807) is 12.1 Å². The van der Waals surface area contributed by atoms with Crippen molar-refractivity contribution >= 4 is 12.6 Å². The van der Waals surface area contributed by atoms with Crippen LogP contribution in [0, 0.1) is 11.3 Å². The van der Waals surface area contributed by atoms with Gasteiger partial charge in [0.2, 0.25) is 0 Å². The van der Waals surface area contributed by atoms with Crippen molar-refractivity contribution in [1.29, 1.82) is 5.26 Å². The number of benzene rings is 1. The molecule has 100 valence electrons. The van der Waals surface area contributed by atoms with E-state index in [9.17, 15) is 4.39 Å². The Hall–Kier alpha value is -1.38. The van der Waals surface area contributed by atoms with Crippen molar-refractivity contribution in [1.82, 2.24) is 0 Å². The molecule has 2 rings (SSSR count). The molecule has 1 aliphatic rings. The molecule has 0 atom stereocenters. The molecule has 0 aliphatic carbocycles. The predicted octanol–water partition coefficient (Wildman–Crippen LogP) is 2.33. The summed E-state index contributed by atoms with van der Waals surface area (Å²) in [4.78, 5) is 0. The molecule has 0 aromatic heterocycles. The molecule has 0 N–H and O–H groups in total. The largest absolute Gasteiger partial charge is 0.494 e. The molecule has 1 saturated heterocycles. The van der Waals surface area contributed by atoms with Gasteiger partial charge in [-0.1, -0.05) is 6.07 Å². The van der Waals surface area contributed by atoms with E-state index in [0.29, 0.717) is 16.6 Å². The molecule has 0 spiro atoms. The summed E-state index contributed by atoms with van der Waals surface area (Å²) >= 11 is 0. The van der Waals surface area contributed by atoms with Crippen molar-refractivity contribution in [2.75, 3.05) is 0 Å². The minimum Gasteiger partial charge on any atom is -0.399 e. The number of rotatable bonds is 2. The van der Waals surface area contributed by atoms with Crippen LogP contribution in [0.4, 0.5) is 4.39 Å². The average Bonchev–Trinajstić information content (AvgIpc) is 2.58. The SMILES string of the molecule is CC1(C)OB(c2cc(C#N)cc(CF)c2)OC1(C)C. The number of hydrogen-bond acceptors (Lipinski definition) is 3. The van der Waals surface area contributed by atoms with Crippen molar-refractivity contribution in [2.45, 2.75) is 45.6 Å². The highest BCUT2D eigenvalue weighted by molar-refractivity contribution is 6.62. The van der Waals surface area contributed by atoms with E-state index >= 15 is 0 Å². The van der Waals surface area contributed by atoms with Crippen LogP contribution in [0.1, 0.15) is 38.8 Å². The van der Waals surface area contributed by atoms with E-state index < -0.39 is 25.0 Å². The minimum absolute atomic E-state index is 0.417. The zero-order chi connectivity index (χ0) is 14.3. The van der Waals surface area contributed by atoms with E-state index in [1.165, 1.54) is 6.07 Å². The molecule has 0 bridgehead atoms. The van der Waals surface area contributed by atoms with Crippen LogP contribution in [0.3, 0.4) is 0 Å². The van der Waals surface area contributed by atoms with E-state index in [4.69, 9.17) is 14.6 Å². The van der Waals surface area contributed by atoms with Crippen molar-refractivity contribution in [2.24, 2.45) is 0 Å². The van der Waals surface area contributed by atoms with Gasteiger partial charge in [0.05, 0.1) is 22.8 Å². The van der Waals surface area contributed by atoms with Crippen LogP contribution in [0.15, 0.2) is 18.2 Å². The van der Waals surface area contributed by atoms with Gasteiger partial charge in [-0.25, -0.2) is 4.39 Å². The van der Waals surface area contributed by atoms with Crippen molar-refractivity contribution in [3.63, 3.8) is 0 Å². The Bertz CT molecular complexity index is 521. The van der Waals surface area contributed by atoms with Crippen LogP contribution >= 0.6 is 0 Å². The Morgan fingerprint density at radius 1 is 1.16 bits per heavy atom. The second-order valence-corrected chi connectivity index (χ2v) is 5.80. The number of nitrogens with zero attached hydrogens (tertiary/aromatic N) is 1. The molecule has 1 aliphatic heterocycles. The zero-order valence-corrected chi connectivity index (χ0v) is 11.7. The molecule has 0 radical (unpaired) electrons. The number of alkyl halides is 1. The van der Waals surface area contributed by atoms with Gasteiger partial charge in [0.15, 0.2) is 0 Å². The normalized spacial score (nSPS) is 20.3. The summed E-state index contributed by atoms with van der Waals surface area (Å²) in [7, 11) is -0.566. The summed E-state index contributed by atoms with van der Waals surface area (Å²) in [6.07, 6.45) is 0. The predicted molar refractivity (Wildman–Crippen MR) is 71.7 cm³/mol. The van der Waals surface area contributed by atoms with Gasteiger partial charge in [0, 0.05) is 0 Å². The van der Waals surface area contributed by atoms with Crippen molar-refractivity contribution in [3.8, 4) is 6.07 Å². The van der Waals surface area contributed by atoms with E-state index in [-0.39, 0.29) is 0 Å². The Morgan fingerprint density at radius 3 is 2.21 bits per heavy atom. The topological polar surface area (TPSA) is 42.2 Å². The molecule has 1 aromatic rings. The molecule has 3 nitrogen and oxygen atoms in total. The summed E-state index contributed by atoms with van der Waals surface area (Å²) in [6.45, 7) is 7.21. The summed E-state index contributed by atoms with van der Waals surface area (Å²) in [5.41, 5.74) is 0.667. The number of hydrogen-bond donors (Lipinski definition) is 0. The molecular formula is C14H17BFNO2. The van der Waals surface area contributed by atoms with Gasteiger partial charge in [-0.3, -0.25) is 0 Å². The molecule has 0 amide bonds. The Kier molecular flexibility index (Phi) is 3.42. The Balaban J connectivity index is 2.37. The fraction of sp³-hybridized carbons (Fsp3) is 0.500. The molecule has 1 fully saturated rings. The second-order valence-electron chi connectivity index (χ2n) is 5.80. The Morgan fingerprint density at radius 2 is 1.74 bits per heavy atom. The van der Waals surface area contributed by atoms with Gasteiger partial charge in [-0.15, -0.1) is 0 Å². The van der Waals surface area contributed by atoms with Crippen LogP contribution in [0.5, 0.6) is 0 Å².